The predicted molar refractivity (Wildman–Crippen MR) is 129 cm³/mol. The number of fused-ring (bicyclic) bond motifs is 2. The number of hydrogen-bond donors (Lipinski definition) is 0. The van der Waals surface area contributed by atoms with E-state index < -0.39 is 0 Å². The van der Waals surface area contributed by atoms with E-state index in [1.165, 1.54) is 44.9 Å². The molecule has 0 saturated carbocycles. The van der Waals surface area contributed by atoms with Crippen molar-refractivity contribution in [1.29, 1.82) is 0 Å². The first kappa shape index (κ1) is 18.9. The van der Waals surface area contributed by atoms with Crippen LogP contribution < -0.4 is 4.90 Å². The molecule has 30 heavy (non-hydrogen) atoms. The van der Waals surface area contributed by atoms with Gasteiger partial charge < -0.3 is 4.90 Å². The molecule has 0 aromatic heterocycles. The van der Waals surface area contributed by atoms with Gasteiger partial charge in [0.05, 0.1) is 11.4 Å². The molecular formula is C29H29N. The molecule has 0 spiro atoms. The normalized spacial score (nSPS) is 17.8. The molecular weight excluding hydrogens is 362 g/mol. The largest absolute Gasteiger partial charge is 0.310 e. The van der Waals surface area contributed by atoms with Gasteiger partial charge in [0.2, 0.25) is 0 Å². The second-order valence-corrected chi connectivity index (χ2v) is 9.76. The van der Waals surface area contributed by atoms with Crippen LogP contribution in [0.2, 0.25) is 0 Å². The Kier molecular flexibility index (Phi) is 4.08. The molecule has 0 atom stereocenters. The van der Waals surface area contributed by atoms with E-state index >= 15 is 0 Å². The van der Waals surface area contributed by atoms with E-state index in [1.54, 1.807) is 0 Å². The lowest BCUT2D eigenvalue weighted by atomic mass is 9.87. The third-order valence-corrected chi connectivity index (χ3v) is 6.56. The van der Waals surface area contributed by atoms with Crippen molar-refractivity contribution < 1.29 is 0 Å². The van der Waals surface area contributed by atoms with E-state index in [1.807, 2.05) is 0 Å². The molecule has 0 saturated heterocycles. The van der Waals surface area contributed by atoms with Crippen molar-refractivity contribution in [2.75, 3.05) is 4.90 Å². The lowest BCUT2D eigenvalue weighted by Crippen LogP contribution is -2.19. The lowest BCUT2D eigenvalue weighted by molar-refractivity contribution is 0.682. The van der Waals surface area contributed by atoms with E-state index in [9.17, 15) is 0 Å². The van der Waals surface area contributed by atoms with Crippen LogP contribution in [0.1, 0.15) is 55.5 Å². The molecule has 1 heteroatoms. The highest BCUT2D eigenvalue weighted by atomic mass is 15.2. The molecule has 150 valence electrons. The van der Waals surface area contributed by atoms with Gasteiger partial charge in [-0.1, -0.05) is 93.9 Å². The SMILES string of the molecule is Cc1ccc(N(C2=CC(C)(C)c3ccccc32)C2=CC(C)(C)c3ccccc32)cc1. The molecule has 0 radical (unpaired) electrons. The summed E-state index contributed by atoms with van der Waals surface area (Å²) in [5, 5.41) is 0. The van der Waals surface area contributed by atoms with E-state index in [4.69, 9.17) is 0 Å². The monoisotopic (exact) mass is 391 g/mol. The van der Waals surface area contributed by atoms with Gasteiger partial charge in [-0.2, -0.15) is 0 Å². The average molecular weight is 392 g/mol. The first-order valence-corrected chi connectivity index (χ1v) is 10.8. The highest BCUT2D eigenvalue weighted by Gasteiger charge is 2.37. The number of rotatable bonds is 3. The van der Waals surface area contributed by atoms with Crippen molar-refractivity contribution in [3.63, 3.8) is 0 Å². The summed E-state index contributed by atoms with van der Waals surface area (Å²) in [6.45, 7) is 11.4. The van der Waals surface area contributed by atoms with Crippen molar-refractivity contribution in [3.8, 4) is 0 Å². The van der Waals surface area contributed by atoms with Crippen molar-refractivity contribution in [3.05, 3.63) is 113 Å². The zero-order valence-corrected chi connectivity index (χ0v) is 18.5. The van der Waals surface area contributed by atoms with Crippen LogP contribution in [0.3, 0.4) is 0 Å². The smallest absolute Gasteiger partial charge is 0.0506 e. The summed E-state index contributed by atoms with van der Waals surface area (Å²) < 4.78 is 0. The second kappa shape index (κ2) is 6.47. The van der Waals surface area contributed by atoms with Crippen LogP contribution >= 0.6 is 0 Å². The molecule has 3 aromatic carbocycles. The molecule has 2 aliphatic rings. The van der Waals surface area contributed by atoms with Crippen LogP contribution in [0.15, 0.2) is 84.9 Å². The van der Waals surface area contributed by atoms with Gasteiger partial charge in [-0.05, 0) is 42.3 Å². The molecule has 0 aliphatic heterocycles. The minimum atomic E-state index is 0.00305. The Morgan fingerprint density at radius 2 is 1.00 bits per heavy atom. The van der Waals surface area contributed by atoms with Crippen LogP contribution in [0, 0.1) is 6.92 Å². The lowest BCUT2D eigenvalue weighted by Gasteiger charge is -2.29. The molecule has 0 unspecified atom stereocenters. The molecule has 0 bridgehead atoms. The number of hydrogen-bond acceptors (Lipinski definition) is 1. The van der Waals surface area contributed by atoms with Crippen LogP contribution in [0.25, 0.3) is 11.4 Å². The molecule has 0 heterocycles. The number of benzene rings is 3. The highest BCUT2D eigenvalue weighted by Crippen LogP contribution is 2.49. The van der Waals surface area contributed by atoms with Gasteiger partial charge in [0.15, 0.2) is 0 Å². The third-order valence-electron chi connectivity index (χ3n) is 6.56. The molecule has 0 N–H and O–H groups in total. The maximum atomic E-state index is 2.47. The molecule has 3 aromatic rings. The minimum Gasteiger partial charge on any atom is -0.310 e. The third kappa shape index (κ3) is 2.84. The zero-order valence-electron chi connectivity index (χ0n) is 18.5. The first-order valence-electron chi connectivity index (χ1n) is 10.8. The Morgan fingerprint density at radius 3 is 1.47 bits per heavy atom. The Labute approximate surface area is 180 Å². The standard InChI is InChI=1S/C29H29N/c1-20-14-16-21(17-15-20)30(26-18-28(2,3)24-12-8-6-10-22(24)26)27-19-29(4,5)25-13-9-7-11-23(25)27/h6-19H,1-5H3. The highest BCUT2D eigenvalue weighted by molar-refractivity contribution is 6.00. The fourth-order valence-electron chi connectivity index (χ4n) is 5.00. The summed E-state index contributed by atoms with van der Waals surface area (Å²) in [5.74, 6) is 0. The quantitative estimate of drug-likeness (QED) is 0.448. The van der Waals surface area contributed by atoms with Gasteiger partial charge in [0.1, 0.15) is 0 Å². The predicted octanol–water partition coefficient (Wildman–Crippen LogP) is 7.47. The maximum Gasteiger partial charge on any atom is 0.0506 e. The number of aryl methyl sites for hydroxylation is 1. The van der Waals surface area contributed by atoms with Gasteiger partial charge in [0, 0.05) is 27.6 Å². The summed E-state index contributed by atoms with van der Waals surface area (Å²) in [6.07, 6.45) is 4.87. The van der Waals surface area contributed by atoms with Gasteiger partial charge >= 0.3 is 0 Å². The summed E-state index contributed by atoms with van der Waals surface area (Å²) >= 11 is 0. The summed E-state index contributed by atoms with van der Waals surface area (Å²) in [4.78, 5) is 2.47. The van der Waals surface area contributed by atoms with Gasteiger partial charge in [-0.3, -0.25) is 0 Å². The Hall–Kier alpha value is -3.06. The Morgan fingerprint density at radius 1 is 0.567 bits per heavy atom. The molecule has 1 nitrogen and oxygen atoms in total. The van der Waals surface area contributed by atoms with Crippen molar-refractivity contribution in [1.82, 2.24) is 0 Å². The van der Waals surface area contributed by atoms with Crippen molar-refractivity contribution in [2.24, 2.45) is 0 Å². The minimum absolute atomic E-state index is 0.00305. The van der Waals surface area contributed by atoms with Crippen LogP contribution in [0.5, 0.6) is 0 Å². The Balaban J connectivity index is 1.77. The molecule has 0 fully saturated rings. The molecule has 5 rings (SSSR count). The number of anilines is 1. The summed E-state index contributed by atoms with van der Waals surface area (Å²) in [6, 6.07) is 26.6. The molecule has 0 amide bonds. The van der Waals surface area contributed by atoms with Gasteiger partial charge in [-0.15, -0.1) is 0 Å². The van der Waals surface area contributed by atoms with Gasteiger partial charge in [0.25, 0.3) is 0 Å². The number of nitrogens with zero attached hydrogens (tertiary/aromatic N) is 1. The van der Waals surface area contributed by atoms with Gasteiger partial charge in [-0.25, -0.2) is 0 Å². The fraction of sp³-hybridized carbons (Fsp3) is 0.241. The van der Waals surface area contributed by atoms with Crippen LogP contribution in [-0.4, -0.2) is 0 Å². The van der Waals surface area contributed by atoms with E-state index in [2.05, 4.69) is 124 Å². The summed E-state index contributed by atoms with van der Waals surface area (Å²) in [7, 11) is 0. The molecule has 2 aliphatic carbocycles. The van der Waals surface area contributed by atoms with Crippen LogP contribution in [0.4, 0.5) is 5.69 Å². The average Bonchev–Trinajstić information content (AvgIpc) is 3.15. The summed E-state index contributed by atoms with van der Waals surface area (Å²) in [5.41, 5.74) is 10.5. The number of allylic oxidation sites excluding steroid dienone is 2. The topological polar surface area (TPSA) is 3.24 Å². The van der Waals surface area contributed by atoms with E-state index in [-0.39, 0.29) is 10.8 Å². The maximum absolute atomic E-state index is 2.47. The zero-order chi connectivity index (χ0) is 21.1. The van der Waals surface area contributed by atoms with Crippen molar-refractivity contribution >= 4 is 17.1 Å². The van der Waals surface area contributed by atoms with E-state index in [0.717, 1.165) is 0 Å². The fourth-order valence-corrected chi connectivity index (χ4v) is 5.00. The Bertz CT molecular complexity index is 1120. The van der Waals surface area contributed by atoms with Crippen molar-refractivity contribution in [2.45, 2.75) is 45.4 Å². The van der Waals surface area contributed by atoms with E-state index in [0.29, 0.717) is 0 Å². The van der Waals surface area contributed by atoms with Crippen LogP contribution in [-0.2, 0) is 10.8 Å². The second-order valence-electron chi connectivity index (χ2n) is 9.76. The first-order chi connectivity index (χ1) is 14.3.